The summed E-state index contributed by atoms with van der Waals surface area (Å²) in [5, 5.41) is 31.9. The number of anilines is 4. The summed E-state index contributed by atoms with van der Waals surface area (Å²) in [7, 11) is -0.640. The summed E-state index contributed by atoms with van der Waals surface area (Å²) in [5.41, 5.74) is 3.28. The first-order chi connectivity index (χ1) is 27.8. The highest BCUT2D eigenvalue weighted by Crippen LogP contribution is 2.41. The molecule has 0 radical (unpaired) electrons. The zero-order valence-corrected chi connectivity index (χ0v) is 35.8. The molecular weight excluding hydrogens is 774 g/mol. The number of carbonyl (C=O) groups excluding carboxylic acids is 1. The number of nitriles is 2. The van der Waals surface area contributed by atoms with E-state index in [1.54, 1.807) is 19.2 Å². The Bertz CT molecular complexity index is 2200. The number of ether oxygens (including phenoxy) is 2. The Morgan fingerprint density at radius 1 is 1.09 bits per heavy atom. The second-order valence-electron chi connectivity index (χ2n) is 16.8. The number of hydrogen-bond acceptors (Lipinski definition) is 13. The van der Waals surface area contributed by atoms with Gasteiger partial charge in [-0.05, 0) is 67.2 Å². The van der Waals surface area contributed by atoms with Gasteiger partial charge in [0.2, 0.25) is 11.9 Å². The van der Waals surface area contributed by atoms with E-state index in [2.05, 4.69) is 76.3 Å². The van der Waals surface area contributed by atoms with Gasteiger partial charge in [0.25, 0.3) is 0 Å². The van der Waals surface area contributed by atoms with E-state index >= 15 is 0 Å². The fourth-order valence-corrected chi connectivity index (χ4v) is 8.81. The van der Waals surface area contributed by atoms with Gasteiger partial charge in [0.15, 0.2) is 25.5 Å². The van der Waals surface area contributed by atoms with Crippen molar-refractivity contribution in [1.82, 2.24) is 29.8 Å². The lowest BCUT2D eigenvalue weighted by Gasteiger charge is -2.46. The molecular formula is C41H52ClN11O4Si. The molecule has 1 aliphatic carbocycles. The summed E-state index contributed by atoms with van der Waals surface area (Å²) in [5.74, 6) is 1.52. The number of morpholine rings is 1. The van der Waals surface area contributed by atoms with Crippen LogP contribution in [0.1, 0.15) is 56.9 Å². The zero-order chi connectivity index (χ0) is 41.2. The van der Waals surface area contributed by atoms with Gasteiger partial charge >= 0.3 is 0 Å². The van der Waals surface area contributed by atoms with Crippen molar-refractivity contribution in [3.63, 3.8) is 0 Å². The van der Waals surface area contributed by atoms with Crippen LogP contribution in [-0.2, 0) is 20.5 Å². The largest absolute Gasteiger partial charge is 0.497 e. The molecule has 3 aliphatic rings. The van der Waals surface area contributed by atoms with Crippen molar-refractivity contribution in [1.29, 1.82) is 10.5 Å². The average Bonchev–Trinajstić information content (AvgIpc) is 3.96. The summed E-state index contributed by atoms with van der Waals surface area (Å²) < 4.78 is 19.4. The first-order valence-electron chi connectivity index (χ1n) is 19.8. The van der Waals surface area contributed by atoms with Crippen molar-refractivity contribution in [2.75, 3.05) is 68.2 Å². The molecule has 0 bridgehead atoms. The van der Waals surface area contributed by atoms with Gasteiger partial charge in [-0.2, -0.15) is 20.0 Å². The Balaban J connectivity index is 1.19. The molecule has 17 heteroatoms. The first kappa shape index (κ1) is 41.2. The fourth-order valence-electron chi connectivity index (χ4n) is 7.18. The van der Waals surface area contributed by atoms with E-state index in [1.807, 2.05) is 24.3 Å². The maximum atomic E-state index is 13.4. The van der Waals surface area contributed by atoms with Crippen LogP contribution in [0.2, 0.25) is 23.2 Å². The van der Waals surface area contributed by atoms with Crippen LogP contribution in [0.15, 0.2) is 42.6 Å². The summed E-state index contributed by atoms with van der Waals surface area (Å²) in [6.45, 7) is 15.6. The number of benzene rings is 2. The van der Waals surface area contributed by atoms with Gasteiger partial charge in [-0.3, -0.25) is 9.69 Å². The first-order valence-corrected chi connectivity index (χ1v) is 23.1. The number of rotatable bonds is 13. The maximum Gasteiger partial charge on any atom is 0.247 e. The molecule has 1 saturated carbocycles. The van der Waals surface area contributed by atoms with Crippen molar-refractivity contribution in [2.24, 2.45) is 0 Å². The van der Waals surface area contributed by atoms with Gasteiger partial charge in [0.05, 0.1) is 73.2 Å². The summed E-state index contributed by atoms with van der Waals surface area (Å²) in [4.78, 5) is 29.4. The smallest absolute Gasteiger partial charge is 0.247 e. The van der Waals surface area contributed by atoms with Crippen LogP contribution in [0.5, 0.6) is 5.75 Å². The minimum absolute atomic E-state index is 0.0294. The number of piperidine rings is 1. The third-order valence-corrected chi connectivity index (χ3v) is 16.5. The molecule has 0 spiro atoms. The second-order valence-corrected chi connectivity index (χ2v) is 21.9. The molecule has 0 unspecified atom stereocenters. The van der Waals surface area contributed by atoms with E-state index in [9.17, 15) is 15.3 Å². The number of imidazole rings is 1. The summed E-state index contributed by atoms with van der Waals surface area (Å²) >= 11 is 7.28. The van der Waals surface area contributed by atoms with Gasteiger partial charge in [-0.1, -0.05) is 44.5 Å². The highest BCUT2D eigenvalue weighted by atomic mass is 35.5. The van der Waals surface area contributed by atoms with Crippen LogP contribution < -0.4 is 25.2 Å². The third kappa shape index (κ3) is 9.17. The lowest BCUT2D eigenvalue weighted by atomic mass is 10.0. The number of nitrogens with zero attached hydrogens (tertiary/aromatic N) is 9. The Kier molecular flexibility index (Phi) is 12.1. The highest BCUT2D eigenvalue weighted by Gasteiger charge is 2.43. The third-order valence-electron chi connectivity index (χ3n) is 11.6. The lowest BCUT2D eigenvalue weighted by Crippen LogP contribution is -2.60. The molecule has 3 fully saturated rings. The number of methoxy groups -OCH3 is 1. The van der Waals surface area contributed by atoms with Crippen LogP contribution in [0, 0.1) is 22.7 Å². The van der Waals surface area contributed by atoms with E-state index in [4.69, 9.17) is 35.6 Å². The van der Waals surface area contributed by atoms with E-state index in [0.717, 1.165) is 37.2 Å². The standard InChI is InChI=1S/C41H52ClN11O4Si/c1-41(2,3)58(5,6)57-35-25-51(14-13-32(35)46-36(54)26-50-15-17-56-18-16-50)34-20-28(21-43)19-33(37(34)42)47-40-48-39(38-45-23-30(22-44)53(38)49-40)52(29-9-10-29)24-27-7-11-31(55-4)12-8-27/h7-8,11-12,19-20,23,29,32,35H,9-10,13-18,24-26H2,1-6H3,(H,46,54)(H,47,49)/t32-,35-/m1/s1. The van der Waals surface area contributed by atoms with Gasteiger partial charge < -0.3 is 34.3 Å². The summed E-state index contributed by atoms with van der Waals surface area (Å²) in [6, 6.07) is 15.9. The number of amides is 1. The minimum Gasteiger partial charge on any atom is -0.497 e. The fraction of sp³-hybridized carbons (Fsp3) is 0.512. The van der Waals surface area contributed by atoms with Crippen LogP contribution in [0.3, 0.4) is 0 Å². The van der Waals surface area contributed by atoms with Crippen molar-refractivity contribution >= 4 is 54.6 Å². The predicted molar refractivity (Wildman–Crippen MR) is 225 cm³/mol. The summed E-state index contributed by atoms with van der Waals surface area (Å²) in [6.07, 6.45) is 3.78. The molecule has 58 heavy (non-hydrogen) atoms. The zero-order valence-electron chi connectivity index (χ0n) is 34.1. The molecule has 15 nitrogen and oxygen atoms in total. The molecule has 2 atom stereocenters. The number of carbonyl (C=O) groups is 1. The van der Waals surface area contributed by atoms with Crippen molar-refractivity contribution in [3.8, 4) is 17.9 Å². The van der Waals surface area contributed by atoms with Crippen LogP contribution >= 0.6 is 11.6 Å². The molecule has 4 aromatic rings. The SMILES string of the molecule is COc1ccc(CN(c2nc(Nc3cc(C#N)cc(N4CC[C@@H](NC(=O)CN5CCOCC5)[C@H](O[Si](C)(C)C(C)(C)C)C4)c3Cl)nn3c(C#N)cnc23)C2CC2)cc1. The predicted octanol–water partition coefficient (Wildman–Crippen LogP) is 5.86. The molecule has 306 valence electrons. The quantitative estimate of drug-likeness (QED) is 0.154. The number of nitrogens with one attached hydrogen (secondary N) is 2. The van der Waals surface area contributed by atoms with Crippen molar-refractivity contribution in [2.45, 2.75) is 82.9 Å². The number of fused-ring (bicyclic) bond motifs is 1. The lowest BCUT2D eigenvalue weighted by molar-refractivity contribution is -0.124. The normalized spacial score (nSPS) is 19.0. The molecule has 2 aromatic carbocycles. The van der Waals surface area contributed by atoms with E-state index in [1.165, 1.54) is 10.7 Å². The minimum atomic E-state index is -2.28. The van der Waals surface area contributed by atoms with Crippen LogP contribution in [0.25, 0.3) is 5.65 Å². The van der Waals surface area contributed by atoms with Crippen molar-refractivity contribution < 1.29 is 18.7 Å². The van der Waals surface area contributed by atoms with E-state index < -0.39 is 8.32 Å². The van der Waals surface area contributed by atoms with Crippen molar-refractivity contribution in [3.05, 3.63) is 64.4 Å². The number of hydrogen-bond donors (Lipinski definition) is 2. The van der Waals surface area contributed by atoms with Gasteiger partial charge in [-0.25, -0.2) is 4.98 Å². The molecule has 4 heterocycles. The number of aromatic nitrogens is 4. The second kappa shape index (κ2) is 17.1. The van der Waals surface area contributed by atoms with Gasteiger partial charge in [-0.15, -0.1) is 5.10 Å². The van der Waals surface area contributed by atoms with E-state index in [-0.39, 0.29) is 40.8 Å². The molecule has 2 aliphatic heterocycles. The van der Waals surface area contributed by atoms with Crippen LogP contribution in [0.4, 0.5) is 23.1 Å². The Morgan fingerprint density at radius 2 is 1.83 bits per heavy atom. The van der Waals surface area contributed by atoms with Gasteiger partial charge in [0.1, 0.15) is 11.8 Å². The van der Waals surface area contributed by atoms with E-state index in [0.29, 0.717) is 79.2 Å². The molecule has 2 N–H and O–H groups in total. The van der Waals surface area contributed by atoms with Crippen LogP contribution in [-0.4, -0.2) is 110 Å². The number of halogens is 1. The Labute approximate surface area is 346 Å². The maximum absolute atomic E-state index is 13.4. The molecule has 7 rings (SSSR count). The molecule has 1 amide bonds. The highest BCUT2D eigenvalue weighted by molar-refractivity contribution is 6.74. The average molecular weight is 826 g/mol. The monoisotopic (exact) mass is 825 g/mol. The molecule has 2 aromatic heterocycles. The van der Waals surface area contributed by atoms with Gasteiger partial charge in [0, 0.05) is 38.8 Å². The Hall–Kier alpha value is -4.97. The Morgan fingerprint density at radius 3 is 2.48 bits per heavy atom. The molecule has 2 saturated heterocycles. The topological polar surface area (TPSA) is 169 Å².